The van der Waals surface area contributed by atoms with Crippen LogP contribution < -0.4 is 15.4 Å². The largest absolute Gasteiger partial charge is 0.491 e. The molecular weight excluding hydrogens is 376 g/mol. The molecule has 0 aliphatic carbocycles. The van der Waals surface area contributed by atoms with Gasteiger partial charge in [-0.05, 0) is 43.7 Å². The summed E-state index contributed by atoms with van der Waals surface area (Å²) in [7, 11) is 0. The highest BCUT2D eigenvalue weighted by Crippen LogP contribution is 2.33. The fraction of sp³-hybridized carbons (Fsp3) is 0.333. The summed E-state index contributed by atoms with van der Waals surface area (Å²) < 4.78 is 12.0. The minimum Gasteiger partial charge on any atom is -0.491 e. The van der Waals surface area contributed by atoms with Crippen molar-refractivity contribution in [1.82, 2.24) is 10.6 Å². The van der Waals surface area contributed by atoms with Crippen LogP contribution in [0.25, 0.3) is 0 Å². The van der Waals surface area contributed by atoms with Crippen molar-refractivity contribution in [2.24, 2.45) is 5.92 Å². The van der Waals surface area contributed by atoms with E-state index in [0.717, 1.165) is 25.9 Å². The molecule has 2 aliphatic rings. The van der Waals surface area contributed by atoms with E-state index in [9.17, 15) is 19.8 Å². The smallest absolute Gasteiger partial charge is 0.338 e. The lowest BCUT2D eigenvalue weighted by Gasteiger charge is -2.38. The van der Waals surface area contributed by atoms with Crippen LogP contribution in [0.5, 0.6) is 5.75 Å². The number of hydrogen-bond acceptors (Lipinski definition) is 6. The Kier molecular flexibility index (Phi) is 6.56. The summed E-state index contributed by atoms with van der Waals surface area (Å²) in [5.74, 6) is -2.02. The molecule has 0 spiro atoms. The molecular formula is C21H24N2O6. The van der Waals surface area contributed by atoms with Crippen LogP contribution in [0.1, 0.15) is 12.8 Å². The number of rotatable bonds is 8. The first-order chi connectivity index (χ1) is 14.0. The van der Waals surface area contributed by atoms with Gasteiger partial charge in [0.15, 0.2) is 5.76 Å². The zero-order valence-electron chi connectivity index (χ0n) is 15.8. The molecule has 1 unspecified atom stereocenters. The van der Waals surface area contributed by atoms with Gasteiger partial charge in [0.25, 0.3) is 5.72 Å². The Hall–Kier alpha value is -3.26. The van der Waals surface area contributed by atoms with E-state index in [4.69, 9.17) is 9.47 Å². The van der Waals surface area contributed by atoms with Gasteiger partial charge in [-0.3, -0.25) is 0 Å². The number of benzene rings is 1. The molecule has 1 aromatic rings. The fourth-order valence-electron chi connectivity index (χ4n) is 3.36. The van der Waals surface area contributed by atoms with Crippen LogP contribution in [-0.4, -0.2) is 47.6 Å². The lowest BCUT2D eigenvalue weighted by atomic mass is 9.96. The molecule has 3 rings (SSSR count). The third kappa shape index (κ3) is 4.97. The summed E-state index contributed by atoms with van der Waals surface area (Å²) in [6.07, 6.45) is 7.39. The van der Waals surface area contributed by atoms with Gasteiger partial charge in [0.1, 0.15) is 11.3 Å². The van der Waals surface area contributed by atoms with Crippen molar-refractivity contribution in [2.75, 3.05) is 19.7 Å². The molecule has 0 amide bonds. The molecule has 154 valence electrons. The fourth-order valence-corrected chi connectivity index (χ4v) is 3.36. The standard InChI is InChI=1S/C21H24N2O6/c24-19(25)12-17(20(26)27)21(29-16-7-2-1-3-8-16)18(9-5-11-23-21)28-14-15-6-4-10-22-13-15/h1-3,5,7-9,11-12,15,22-23H,4,6,10,13-14H2,(H,24,25)(H,26,27)/b17-12-/t15?,21-/m1/s1. The number of nitrogens with one attached hydrogen (secondary N) is 2. The molecule has 0 bridgehead atoms. The summed E-state index contributed by atoms with van der Waals surface area (Å²) in [4.78, 5) is 23.4. The van der Waals surface area contributed by atoms with E-state index in [-0.39, 0.29) is 11.7 Å². The third-order valence-electron chi connectivity index (χ3n) is 4.74. The number of carboxylic acid groups (broad SMARTS) is 2. The summed E-state index contributed by atoms with van der Waals surface area (Å²) in [6.45, 7) is 2.13. The van der Waals surface area contributed by atoms with Gasteiger partial charge in [0.2, 0.25) is 0 Å². The zero-order valence-corrected chi connectivity index (χ0v) is 15.8. The molecule has 4 N–H and O–H groups in total. The van der Waals surface area contributed by atoms with Gasteiger partial charge in [-0.15, -0.1) is 0 Å². The van der Waals surface area contributed by atoms with Gasteiger partial charge in [-0.25, -0.2) is 9.59 Å². The highest BCUT2D eigenvalue weighted by molar-refractivity contribution is 5.97. The number of carbonyl (C=O) groups is 2. The van der Waals surface area contributed by atoms with E-state index in [1.54, 1.807) is 42.5 Å². The number of dihydropyridines is 1. The molecule has 2 aliphatic heterocycles. The highest BCUT2D eigenvalue weighted by Gasteiger charge is 2.47. The van der Waals surface area contributed by atoms with E-state index < -0.39 is 23.2 Å². The summed E-state index contributed by atoms with van der Waals surface area (Å²) in [5, 5.41) is 25.2. The van der Waals surface area contributed by atoms with Crippen LogP contribution >= 0.6 is 0 Å². The number of piperidine rings is 1. The summed E-state index contributed by atoms with van der Waals surface area (Å²) in [5.41, 5.74) is -2.31. The Balaban J connectivity index is 1.97. The van der Waals surface area contributed by atoms with Crippen LogP contribution in [0.3, 0.4) is 0 Å². The van der Waals surface area contributed by atoms with Crippen molar-refractivity contribution in [3.05, 3.63) is 66.1 Å². The van der Waals surface area contributed by atoms with E-state index in [1.807, 2.05) is 0 Å². The Labute approximate surface area is 168 Å². The van der Waals surface area contributed by atoms with Crippen LogP contribution in [0.4, 0.5) is 0 Å². The van der Waals surface area contributed by atoms with Gasteiger partial charge >= 0.3 is 11.9 Å². The van der Waals surface area contributed by atoms with Crippen molar-refractivity contribution >= 4 is 11.9 Å². The highest BCUT2D eigenvalue weighted by atomic mass is 16.6. The minimum atomic E-state index is -1.82. The number of hydrogen-bond donors (Lipinski definition) is 4. The quantitative estimate of drug-likeness (QED) is 0.489. The van der Waals surface area contributed by atoms with E-state index in [0.29, 0.717) is 18.4 Å². The number of carboxylic acids is 2. The normalized spacial score (nSPS) is 24.2. The summed E-state index contributed by atoms with van der Waals surface area (Å²) in [6, 6.07) is 8.58. The van der Waals surface area contributed by atoms with Crippen molar-refractivity contribution in [3.8, 4) is 5.75 Å². The lowest BCUT2D eigenvalue weighted by molar-refractivity contribution is -0.137. The van der Waals surface area contributed by atoms with Gasteiger partial charge < -0.3 is 30.3 Å². The SMILES string of the molecule is O=C(O)/C=C(/C(=O)O)[C@]1(Oc2ccccc2)NC=CC=C1OCC1CCCNC1. The maximum absolute atomic E-state index is 12.0. The van der Waals surface area contributed by atoms with Crippen LogP contribution in [0.2, 0.25) is 0 Å². The van der Waals surface area contributed by atoms with Crippen molar-refractivity contribution in [1.29, 1.82) is 0 Å². The van der Waals surface area contributed by atoms with Gasteiger partial charge in [-0.2, -0.15) is 0 Å². The molecule has 1 fully saturated rings. The van der Waals surface area contributed by atoms with E-state index in [1.165, 1.54) is 6.20 Å². The number of ether oxygens (including phenoxy) is 2. The second-order valence-electron chi connectivity index (χ2n) is 6.86. The number of allylic oxidation sites excluding steroid dienone is 2. The maximum Gasteiger partial charge on any atom is 0.338 e. The Morgan fingerprint density at radius 2 is 2.03 bits per heavy atom. The minimum absolute atomic E-state index is 0.185. The predicted octanol–water partition coefficient (Wildman–Crippen LogP) is 1.87. The first-order valence-electron chi connectivity index (χ1n) is 9.42. The molecule has 0 saturated carbocycles. The van der Waals surface area contributed by atoms with Crippen molar-refractivity contribution in [2.45, 2.75) is 18.6 Å². The molecule has 29 heavy (non-hydrogen) atoms. The second-order valence-corrected chi connectivity index (χ2v) is 6.86. The van der Waals surface area contributed by atoms with Crippen LogP contribution in [-0.2, 0) is 14.3 Å². The van der Waals surface area contributed by atoms with Gasteiger partial charge in [0.05, 0.1) is 6.61 Å². The topological polar surface area (TPSA) is 117 Å². The molecule has 1 saturated heterocycles. The Bertz CT molecular complexity index is 827. The van der Waals surface area contributed by atoms with E-state index >= 15 is 0 Å². The molecule has 8 heteroatoms. The molecule has 0 radical (unpaired) electrons. The third-order valence-corrected chi connectivity index (χ3v) is 4.74. The Morgan fingerprint density at radius 3 is 2.69 bits per heavy atom. The number of aliphatic carboxylic acids is 2. The van der Waals surface area contributed by atoms with Gasteiger partial charge in [0, 0.05) is 24.7 Å². The predicted molar refractivity (Wildman–Crippen MR) is 105 cm³/mol. The first kappa shape index (κ1) is 20.5. The average Bonchev–Trinajstić information content (AvgIpc) is 2.72. The maximum atomic E-state index is 12.0. The van der Waals surface area contributed by atoms with E-state index in [2.05, 4.69) is 10.6 Å². The second kappa shape index (κ2) is 9.29. The number of para-hydroxylation sites is 1. The van der Waals surface area contributed by atoms with Gasteiger partial charge in [-0.1, -0.05) is 18.2 Å². The van der Waals surface area contributed by atoms with Crippen LogP contribution in [0.15, 0.2) is 66.1 Å². The molecule has 8 nitrogen and oxygen atoms in total. The molecule has 2 heterocycles. The summed E-state index contributed by atoms with van der Waals surface area (Å²) >= 11 is 0. The average molecular weight is 400 g/mol. The Morgan fingerprint density at radius 1 is 1.24 bits per heavy atom. The van der Waals surface area contributed by atoms with Crippen LogP contribution in [0, 0.1) is 5.92 Å². The van der Waals surface area contributed by atoms with Crippen molar-refractivity contribution in [3.63, 3.8) is 0 Å². The molecule has 2 atom stereocenters. The molecule has 1 aromatic carbocycles. The molecule has 0 aromatic heterocycles. The lowest BCUT2D eigenvalue weighted by Crippen LogP contribution is -2.55. The zero-order chi connectivity index (χ0) is 20.7. The first-order valence-corrected chi connectivity index (χ1v) is 9.42. The monoisotopic (exact) mass is 400 g/mol. The van der Waals surface area contributed by atoms with Crippen molar-refractivity contribution < 1.29 is 29.3 Å².